The third kappa shape index (κ3) is 7.02. The highest BCUT2D eigenvalue weighted by atomic mass is 127. The van der Waals surface area contributed by atoms with Gasteiger partial charge in [-0.25, -0.2) is 9.38 Å². The summed E-state index contributed by atoms with van der Waals surface area (Å²) in [7, 11) is 2.00. The average molecular weight is 430 g/mol. The largest absolute Gasteiger partial charge is 0.357 e. The molecule has 1 aromatic carbocycles. The number of aryl methyl sites for hydroxylation is 1. The highest BCUT2D eigenvalue weighted by Crippen LogP contribution is 2.03. The van der Waals surface area contributed by atoms with E-state index in [1.54, 1.807) is 0 Å². The van der Waals surface area contributed by atoms with Gasteiger partial charge in [0.1, 0.15) is 5.82 Å². The third-order valence-corrected chi connectivity index (χ3v) is 3.28. The Morgan fingerprint density at radius 1 is 1.13 bits per heavy atom. The monoisotopic (exact) mass is 430 g/mol. The molecule has 0 spiro atoms. The van der Waals surface area contributed by atoms with Gasteiger partial charge >= 0.3 is 0 Å². The smallest absolute Gasteiger partial charge is 0.191 e. The van der Waals surface area contributed by atoms with Crippen molar-refractivity contribution in [1.82, 2.24) is 15.2 Å². The number of hydrogen-bond acceptors (Lipinski definition) is 1. The Kier molecular flexibility index (Phi) is 8.68. The Balaban J connectivity index is 0.00000264. The van der Waals surface area contributed by atoms with Crippen LogP contribution >= 0.6 is 24.0 Å². The van der Waals surface area contributed by atoms with Crippen LogP contribution in [-0.4, -0.2) is 23.6 Å². The quantitative estimate of drug-likeness (QED) is 0.420. The van der Waals surface area contributed by atoms with Gasteiger partial charge < -0.3 is 15.2 Å². The number of nitrogens with zero attached hydrogens (tertiary/aromatic N) is 2. The van der Waals surface area contributed by atoms with Crippen LogP contribution in [0.2, 0.25) is 0 Å². The second-order valence-electron chi connectivity index (χ2n) is 5.18. The van der Waals surface area contributed by atoms with E-state index in [2.05, 4.69) is 27.9 Å². The third-order valence-electron chi connectivity index (χ3n) is 3.28. The summed E-state index contributed by atoms with van der Waals surface area (Å²) >= 11 is 0. The Morgan fingerprint density at radius 3 is 2.48 bits per heavy atom. The van der Waals surface area contributed by atoms with Crippen molar-refractivity contribution in [2.75, 3.05) is 13.1 Å². The van der Waals surface area contributed by atoms with E-state index in [1.807, 2.05) is 36.9 Å². The highest BCUT2D eigenvalue weighted by Gasteiger charge is 1.99. The summed E-state index contributed by atoms with van der Waals surface area (Å²) in [4.78, 5) is 4.56. The molecule has 4 nitrogen and oxygen atoms in total. The van der Waals surface area contributed by atoms with Gasteiger partial charge in [0.2, 0.25) is 0 Å². The van der Waals surface area contributed by atoms with Gasteiger partial charge in [0.15, 0.2) is 5.96 Å². The summed E-state index contributed by atoms with van der Waals surface area (Å²) in [6.45, 7) is 4.26. The zero-order valence-corrected chi connectivity index (χ0v) is 15.9. The Morgan fingerprint density at radius 2 is 1.87 bits per heavy atom. The molecule has 1 heterocycles. The summed E-state index contributed by atoms with van der Waals surface area (Å²) in [5.41, 5.74) is 2.28. The molecule has 0 radical (unpaired) electrons. The van der Waals surface area contributed by atoms with Gasteiger partial charge in [-0.3, -0.25) is 0 Å². The van der Waals surface area contributed by atoms with Crippen LogP contribution in [0.1, 0.15) is 18.1 Å². The zero-order valence-electron chi connectivity index (χ0n) is 13.6. The van der Waals surface area contributed by atoms with Crippen molar-refractivity contribution >= 4 is 29.9 Å². The minimum Gasteiger partial charge on any atom is -0.357 e. The summed E-state index contributed by atoms with van der Waals surface area (Å²) < 4.78 is 14.9. The Bertz CT molecular complexity index is 607. The predicted molar refractivity (Wildman–Crippen MR) is 104 cm³/mol. The molecular formula is C17H24FIN4. The fourth-order valence-electron chi connectivity index (χ4n) is 2.14. The molecule has 0 aliphatic carbocycles. The zero-order chi connectivity index (χ0) is 15.8. The lowest BCUT2D eigenvalue weighted by Gasteiger charge is -2.11. The minimum atomic E-state index is -0.200. The number of aromatic nitrogens is 1. The number of aliphatic imine (C=N–C) groups is 1. The summed E-state index contributed by atoms with van der Waals surface area (Å²) in [5, 5.41) is 6.53. The van der Waals surface area contributed by atoms with Crippen molar-refractivity contribution in [3.05, 3.63) is 59.7 Å². The molecule has 0 fully saturated rings. The van der Waals surface area contributed by atoms with Crippen molar-refractivity contribution in [3.63, 3.8) is 0 Å². The van der Waals surface area contributed by atoms with Crippen molar-refractivity contribution in [2.45, 2.75) is 19.9 Å². The van der Waals surface area contributed by atoms with Crippen molar-refractivity contribution < 1.29 is 4.39 Å². The predicted octanol–water partition coefficient (Wildman–Crippen LogP) is 3.08. The van der Waals surface area contributed by atoms with E-state index in [1.165, 1.54) is 17.7 Å². The molecule has 2 aromatic rings. The fraction of sp³-hybridized carbons (Fsp3) is 0.353. The number of halogens is 2. The molecule has 0 unspecified atom stereocenters. The molecule has 1 aromatic heterocycles. The van der Waals surface area contributed by atoms with Gasteiger partial charge in [0, 0.05) is 32.5 Å². The molecule has 126 valence electrons. The first-order valence-electron chi connectivity index (χ1n) is 7.55. The molecule has 0 atom stereocenters. The van der Waals surface area contributed by atoms with Gasteiger partial charge in [-0.15, -0.1) is 24.0 Å². The number of rotatable bonds is 6. The van der Waals surface area contributed by atoms with Crippen LogP contribution in [0.5, 0.6) is 0 Å². The molecule has 2 rings (SSSR count). The fourth-order valence-corrected chi connectivity index (χ4v) is 2.14. The van der Waals surface area contributed by atoms with Crippen LogP contribution in [0, 0.1) is 5.82 Å². The van der Waals surface area contributed by atoms with Crippen molar-refractivity contribution in [3.8, 4) is 0 Å². The van der Waals surface area contributed by atoms with Crippen LogP contribution in [0.3, 0.4) is 0 Å². The van der Waals surface area contributed by atoms with E-state index >= 15 is 0 Å². The number of guanidine groups is 1. The second-order valence-corrected chi connectivity index (χ2v) is 5.18. The average Bonchev–Trinajstić information content (AvgIpc) is 2.92. The topological polar surface area (TPSA) is 41.4 Å². The highest BCUT2D eigenvalue weighted by molar-refractivity contribution is 14.0. The first-order valence-corrected chi connectivity index (χ1v) is 7.55. The van der Waals surface area contributed by atoms with Gasteiger partial charge in [0.25, 0.3) is 0 Å². The van der Waals surface area contributed by atoms with E-state index in [0.717, 1.165) is 31.0 Å². The van der Waals surface area contributed by atoms with Crippen molar-refractivity contribution in [1.29, 1.82) is 0 Å². The van der Waals surface area contributed by atoms with Crippen LogP contribution < -0.4 is 10.6 Å². The molecule has 0 amide bonds. The molecule has 23 heavy (non-hydrogen) atoms. The Labute approximate surface area is 154 Å². The normalized spacial score (nSPS) is 11.0. The lowest BCUT2D eigenvalue weighted by molar-refractivity contribution is 0.626. The van der Waals surface area contributed by atoms with E-state index in [-0.39, 0.29) is 29.8 Å². The second kappa shape index (κ2) is 10.3. The lowest BCUT2D eigenvalue weighted by Crippen LogP contribution is -2.38. The SMILES string of the molecule is CCNC(=NCc1ccn(C)c1)NCCc1ccc(F)cc1.I. The number of hydrogen-bond donors (Lipinski definition) is 2. The lowest BCUT2D eigenvalue weighted by atomic mass is 10.1. The molecule has 2 N–H and O–H groups in total. The molecule has 0 bridgehead atoms. The molecular weight excluding hydrogens is 406 g/mol. The minimum absolute atomic E-state index is 0. The number of nitrogens with one attached hydrogen (secondary N) is 2. The van der Waals surface area contributed by atoms with E-state index in [9.17, 15) is 4.39 Å². The first kappa shape index (κ1) is 19.5. The maximum atomic E-state index is 12.9. The number of benzene rings is 1. The Hall–Kier alpha value is -1.57. The summed E-state index contributed by atoms with van der Waals surface area (Å²) in [6, 6.07) is 8.66. The van der Waals surface area contributed by atoms with E-state index in [0.29, 0.717) is 6.54 Å². The van der Waals surface area contributed by atoms with Gasteiger partial charge in [-0.2, -0.15) is 0 Å². The van der Waals surface area contributed by atoms with Crippen LogP contribution in [0.25, 0.3) is 0 Å². The van der Waals surface area contributed by atoms with Crippen molar-refractivity contribution in [2.24, 2.45) is 12.0 Å². The summed E-state index contributed by atoms with van der Waals surface area (Å²) in [5.74, 6) is 0.600. The first-order chi connectivity index (χ1) is 10.7. The molecule has 0 aliphatic rings. The van der Waals surface area contributed by atoms with Gasteiger partial charge in [-0.05, 0) is 42.7 Å². The van der Waals surface area contributed by atoms with Gasteiger partial charge in [-0.1, -0.05) is 12.1 Å². The summed E-state index contributed by atoms with van der Waals surface area (Å²) in [6.07, 6.45) is 4.90. The molecule has 6 heteroatoms. The molecule has 0 saturated carbocycles. The van der Waals surface area contributed by atoms with E-state index in [4.69, 9.17) is 0 Å². The maximum absolute atomic E-state index is 12.9. The maximum Gasteiger partial charge on any atom is 0.191 e. The molecule has 0 saturated heterocycles. The van der Waals surface area contributed by atoms with Crippen LogP contribution in [-0.2, 0) is 20.0 Å². The van der Waals surface area contributed by atoms with E-state index < -0.39 is 0 Å². The van der Waals surface area contributed by atoms with Crippen LogP contribution in [0.15, 0.2) is 47.7 Å². The van der Waals surface area contributed by atoms with Crippen LogP contribution in [0.4, 0.5) is 4.39 Å². The standard InChI is InChI=1S/C17H23FN4.HI/c1-3-19-17(21-12-15-9-11-22(2)13-15)20-10-8-14-4-6-16(18)7-5-14;/h4-7,9,11,13H,3,8,10,12H2,1-2H3,(H2,19,20,21);1H. The van der Waals surface area contributed by atoms with Gasteiger partial charge in [0.05, 0.1) is 6.54 Å². The molecule has 0 aliphatic heterocycles.